The molecule has 1 fully saturated rings. The Kier molecular flexibility index (Phi) is 11.4. The molecule has 4 rings (SSSR count). The molecule has 1 aliphatic heterocycles. The molecule has 1 aliphatic rings. The Morgan fingerprint density at radius 1 is 0.949 bits per heavy atom. The van der Waals surface area contributed by atoms with E-state index in [1.54, 1.807) is 0 Å². The summed E-state index contributed by atoms with van der Waals surface area (Å²) in [5, 5.41) is 1.38. The highest BCUT2D eigenvalue weighted by Crippen LogP contribution is 2.35. The molecular formula is C32H37ClN2O3S. The fourth-order valence-corrected chi connectivity index (χ4v) is 4.96. The normalized spacial score (nSPS) is 20.2. The van der Waals surface area contributed by atoms with Crippen molar-refractivity contribution >= 4 is 23.4 Å². The first kappa shape index (κ1) is 29.2. The summed E-state index contributed by atoms with van der Waals surface area (Å²) in [7, 11) is 0. The van der Waals surface area contributed by atoms with Crippen LogP contribution in [-0.2, 0) is 33.8 Å². The number of hydrogen-bond acceptors (Lipinski definition) is 6. The zero-order valence-corrected chi connectivity index (χ0v) is 23.9. The summed E-state index contributed by atoms with van der Waals surface area (Å²) in [4.78, 5) is 0. The van der Waals surface area contributed by atoms with Crippen molar-refractivity contribution in [1.29, 1.82) is 0 Å². The van der Waals surface area contributed by atoms with Crippen molar-refractivity contribution in [1.82, 2.24) is 0 Å². The van der Waals surface area contributed by atoms with Gasteiger partial charge in [0.15, 0.2) is 0 Å². The Balaban J connectivity index is 1.46. The number of allylic oxidation sites excluding steroid dienone is 3. The van der Waals surface area contributed by atoms with Crippen molar-refractivity contribution in [3.63, 3.8) is 0 Å². The Bertz CT molecular complexity index is 1240. The molecule has 1 heterocycles. The second-order valence-electron chi connectivity index (χ2n) is 9.68. The smallest absolute Gasteiger partial charge is 0.0854 e. The van der Waals surface area contributed by atoms with E-state index in [0.717, 1.165) is 35.1 Å². The topological polar surface area (TPSA) is 79.7 Å². The Morgan fingerprint density at radius 2 is 1.64 bits per heavy atom. The first-order chi connectivity index (χ1) is 19.0. The Morgan fingerprint density at radius 3 is 2.33 bits per heavy atom. The number of thioether (sulfide) groups is 1. The van der Waals surface area contributed by atoms with Crippen molar-refractivity contribution in [2.24, 2.45) is 11.5 Å². The van der Waals surface area contributed by atoms with E-state index in [9.17, 15) is 0 Å². The molecule has 3 unspecified atom stereocenters. The molecule has 5 nitrogen and oxygen atoms in total. The lowest BCUT2D eigenvalue weighted by Gasteiger charge is -2.36. The average molecular weight is 565 g/mol. The number of halogens is 1. The number of nitrogens with two attached hydrogens (primary N) is 2. The minimum absolute atomic E-state index is 0.0398. The van der Waals surface area contributed by atoms with Gasteiger partial charge in [0.05, 0.1) is 43.2 Å². The molecule has 0 saturated carbocycles. The van der Waals surface area contributed by atoms with Crippen LogP contribution in [0.25, 0.3) is 0 Å². The number of ether oxygens (including phenoxy) is 3. The maximum Gasteiger partial charge on any atom is 0.0854 e. The second kappa shape index (κ2) is 15.2. The van der Waals surface area contributed by atoms with Gasteiger partial charge in [0, 0.05) is 30.0 Å². The standard InChI is InChI=1S/C32H37ClN2O3S/c1-39-32(35)15-13-27(34)17-26-16-25(12-14-30(26)33)31-19-28(37-21-24-10-6-3-7-11-24)18-29(38-31)22-36-20-23-8-4-2-5-9-23/h2-16,28-29,31H,17-22,34-35H2,1H3/b27-13-,32-15+. The van der Waals surface area contributed by atoms with E-state index in [-0.39, 0.29) is 18.3 Å². The maximum atomic E-state index is 6.56. The molecule has 206 valence electrons. The lowest BCUT2D eigenvalue weighted by Crippen LogP contribution is -2.35. The third-order valence-electron chi connectivity index (χ3n) is 6.64. The number of hydrogen-bond donors (Lipinski definition) is 2. The van der Waals surface area contributed by atoms with Gasteiger partial charge >= 0.3 is 0 Å². The highest BCUT2D eigenvalue weighted by atomic mass is 35.5. The first-order valence-corrected chi connectivity index (χ1v) is 14.8. The fraction of sp³-hybridized carbons (Fsp3) is 0.312. The van der Waals surface area contributed by atoms with Gasteiger partial charge in [0.25, 0.3) is 0 Å². The molecule has 3 aromatic carbocycles. The summed E-state index contributed by atoms with van der Waals surface area (Å²) < 4.78 is 19.0. The van der Waals surface area contributed by atoms with Crippen LogP contribution in [0.4, 0.5) is 0 Å². The molecule has 0 bridgehead atoms. The van der Waals surface area contributed by atoms with Gasteiger partial charge in [-0.25, -0.2) is 0 Å². The van der Waals surface area contributed by atoms with Crippen molar-refractivity contribution in [2.75, 3.05) is 12.9 Å². The molecular weight excluding hydrogens is 528 g/mol. The van der Waals surface area contributed by atoms with Gasteiger partial charge in [-0.05, 0) is 46.7 Å². The lowest BCUT2D eigenvalue weighted by molar-refractivity contribution is -0.142. The van der Waals surface area contributed by atoms with Crippen LogP contribution in [0.5, 0.6) is 0 Å². The summed E-state index contributed by atoms with van der Waals surface area (Å²) in [6, 6.07) is 26.5. The zero-order chi connectivity index (χ0) is 27.5. The molecule has 3 atom stereocenters. The summed E-state index contributed by atoms with van der Waals surface area (Å²) in [5.74, 6) is 0. The van der Waals surface area contributed by atoms with E-state index >= 15 is 0 Å². The fourth-order valence-electron chi connectivity index (χ4n) is 4.57. The SMILES string of the molecule is CS/C(N)=C/C=C(\N)Cc1cc(C2CC(OCc3ccccc3)CC(COCc3ccccc3)O2)ccc1Cl. The predicted octanol–water partition coefficient (Wildman–Crippen LogP) is 6.91. The van der Waals surface area contributed by atoms with Crippen LogP contribution >= 0.6 is 23.4 Å². The third-order valence-corrected chi connectivity index (χ3v) is 7.61. The summed E-state index contributed by atoms with van der Waals surface area (Å²) in [6.07, 6.45) is 7.44. The first-order valence-electron chi connectivity index (χ1n) is 13.2. The zero-order valence-electron chi connectivity index (χ0n) is 22.3. The van der Waals surface area contributed by atoms with Crippen LogP contribution in [0.2, 0.25) is 5.02 Å². The van der Waals surface area contributed by atoms with Crippen LogP contribution in [0.1, 0.15) is 41.2 Å². The predicted molar refractivity (Wildman–Crippen MR) is 161 cm³/mol. The van der Waals surface area contributed by atoms with Gasteiger partial charge in [-0.2, -0.15) is 0 Å². The molecule has 0 aliphatic carbocycles. The van der Waals surface area contributed by atoms with Gasteiger partial charge < -0.3 is 25.7 Å². The van der Waals surface area contributed by atoms with Crippen molar-refractivity contribution in [2.45, 2.75) is 50.8 Å². The minimum Gasteiger partial charge on any atom is -0.402 e. The van der Waals surface area contributed by atoms with Crippen molar-refractivity contribution in [3.8, 4) is 0 Å². The summed E-state index contributed by atoms with van der Waals surface area (Å²) in [6.45, 7) is 1.61. The summed E-state index contributed by atoms with van der Waals surface area (Å²) >= 11 is 8.04. The molecule has 39 heavy (non-hydrogen) atoms. The van der Waals surface area contributed by atoms with E-state index in [0.29, 0.717) is 42.0 Å². The van der Waals surface area contributed by atoms with Crippen LogP contribution in [-0.4, -0.2) is 25.1 Å². The largest absolute Gasteiger partial charge is 0.402 e. The maximum absolute atomic E-state index is 6.56. The van der Waals surface area contributed by atoms with E-state index in [1.165, 1.54) is 11.8 Å². The van der Waals surface area contributed by atoms with E-state index < -0.39 is 0 Å². The molecule has 0 spiro atoms. The number of rotatable bonds is 12. The molecule has 1 saturated heterocycles. The van der Waals surface area contributed by atoms with Crippen LogP contribution < -0.4 is 11.5 Å². The van der Waals surface area contributed by atoms with Crippen molar-refractivity contribution in [3.05, 3.63) is 129 Å². The van der Waals surface area contributed by atoms with Crippen LogP contribution in [0, 0.1) is 0 Å². The Labute approximate surface area is 241 Å². The molecule has 0 radical (unpaired) electrons. The van der Waals surface area contributed by atoms with Gasteiger partial charge in [-0.15, -0.1) is 11.8 Å². The van der Waals surface area contributed by atoms with E-state index in [2.05, 4.69) is 30.3 Å². The third kappa shape index (κ3) is 9.45. The van der Waals surface area contributed by atoms with Gasteiger partial charge in [-0.1, -0.05) is 84.4 Å². The van der Waals surface area contributed by atoms with E-state index in [4.69, 9.17) is 37.3 Å². The van der Waals surface area contributed by atoms with Gasteiger partial charge in [-0.3, -0.25) is 0 Å². The van der Waals surface area contributed by atoms with Crippen LogP contribution in [0.15, 0.2) is 102 Å². The lowest BCUT2D eigenvalue weighted by atomic mass is 9.94. The monoisotopic (exact) mass is 564 g/mol. The molecule has 7 heteroatoms. The quantitative estimate of drug-likeness (QED) is 0.233. The molecule has 0 amide bonds. The highest BCUT2D eigenvalue weighted by Gasteiger charge is 2.31. The molecule has 3 aromatic rings. The highest BCUT2D eigenvalue weighted by molar-refractivity contribution is 8.02. The number of benzene rings is 3. The average Bonchev–Trinajstić information content (AvgIpc) is 2.97. The molecule has 0 aromatic heterocycles. The van der Waals surface area contributed by atoms with Gasteiger partial charge in [0.1, 0.15) is 0 Å². The van der Waals surface area contributed by atoms with Crippen molar-refractivity contribution < 1.29 is 14.2 Å². The van der Waals surface area contributed by atoms with E-state index in [1.807, 2.05) is 66.9 Å². The second-order valence-corrected chi connectivity index (χ2v) is 11.0. The molecule has 4 N–H and O–H groups in total. The van der Waals surface area contributed by atoms with Crippen LogP contribution in [0.3, 0.4) is 0 Å². The van der Waals surface area contributed by atoms with Gasteiger partial charge in [0.2, 0.25) is 0 Å². The Hall–Kier alpha value is -2.74. The summed E-state index contributed by atoms with van der Waals surface area (Å²) in [5.41, 5.74) is 17.1. The minimum atomic E-state index is -0.141.